The largest absolute Gasteiger partial charge is 0.337 e. The minimum Gasteiger partial charge on any atom is -0.337 e. The number of hydrogen-bond donors (Lipinski definition) is 0. The van der Waals surface area contributed by atoms with Gasteiger partial charge in [-0.05, 0) is 6.42 Å². The first-order valence-electron chi connectivity index (χ1n) is 5.38. The number of nitrogens with zero attached hydrogens (tertiary/aromatic N) is 2. The van der Waals surface area contributed by atoms with Crippen LogP contribution in [0.5, 0.6) is 0 Å². The summed E-state index contributed by atoms with van der Waals surface area (Å²) in [6.45, 7) is 1.36. The lowest BCUT2D eigenvalue weighted by atomic mass is 10.2. The average Bonchev–Trinajstić information content (AvgIpc) is 2.60. The maximum Gasteiger partial charge on any atom is 0.222 e. The summed E-state index contributed by atoms with van der Waals surface area (Å²) in [4.78, 5) is 13.2. The first-order valence-corrected chi connectivity index (χ1v) is 7.52. The molecule has 0 radical (unpaired) electrons. The summed E-state index contributed by atoms with van der Waals surface area (Å²) in [5.74, 6) is 0.251. The molecular formula is C9H15ClN2O3S. The van der Waals surface area contributed by atoms with Gasteiger partial charge in [0, 0.05) is 38.0 Å². The number of hydrogen-bond acceptors (Lipinski definition) is 3. The molecule has 2 saturated heterocycles. The van der Waals surface area contributed by atoms with Crippen LogP contribution in [0.15, 0.2) is 0 Å². The zero-order chi connectivity index (χ0) is 11.8. The van der Waals surface area contributed by atoms with Crippen LogP contribution < -0.4 is 0 Å². The summed E-state index contributed by atoms with van der Waals surface area (Å²) < 4.78 is 25.1. The minimum absolute atomic E-state index is 0.0186. The van der Waals surface area contributed by atoms with Gasteiger partial charge in [-0.2, -0.15) is 4.31 Å². The van der Waals surface area contributed by atoms with Crippen molar-refractivity contribution in [2.75, 3.05) is 31.3 Å². The van der Waals surface area contributed by atoms with Crippen molar-refractivity contribution in [3.63, 3.8) is 0 Å². The minimum atomic E-state index is -3.23. The quantitative estimate of drug-likeness (QED) is 0.668. The lowest BCUT2D eigenvalue weighted by Crippen LogP contribution is -2.53. The summed E-state index contributed by atoms with van der Waals surface area (Å²) in [5.41, 5.74) is 0. The highest BCUT2D eigenvalue weighted by Gasteiger charge is 2.38. The highest BCUT2D eigenvalue weighted by atomic mass is 35.5. The molecule has 1 amide bonds. The van der Waals surface area contributed by atoms with Crippen LogP contribution in [0.25, 0.3) is 0 Å². The number of amides is 1. The number of carbonyl (C=O) groups is 1. The third-order valence-corrected chi connectivity index (χ3v) is 5.44. The molecule has 0 bridgehead atoms. The number of sulfonamides is 1. The third kappa shape index (κ3) is 2.19. The molecule has 0 aromatic rings. The summed E-state index contributed by atoms with van der Waals surface area (Å²) in [6, 6.07) is 0.0753. The van der Waals surface area contributed by atoms with Crippen LogP contribution in [0, 0.1) is 0 Å². The standard InChI is InChI=1S/C9H15ClN2O3S/c10-3-6-16(14,15)11-4-5-12-8(7-11)1-2-9(12)13/h8H,1-7H2. The zero-order valence-electron chi connectivity index (χ0n) is 8.93. The molecule has 0 aromatic carbocycles. The summed E-state index contributed by atoms with van der Waals surface area (Å²) in [5, 5.41) is 0. The van der Waals surface area contributed by atoms with E-state index in [2.05, 4.69) is 0 Å². The van der Waals surface area contributed by atoms with E-state index in [0.717, 1.165) is 6.42 Å². The first-order chi connectivity index (χ1) is 7.54. The summed E-state index contributed by atoms with van der Waals surface area (Å²) >= 11 is 5.47. The maximum absolute atomic E-state index is 11.8. The monoisotopic (exact) mass is 266 g/mol. The van der Waals surface area contributed by atoms with Gasteiger partial charge in [0.1, 0.15) is 0 Å². The molecule has 92 valence electrons. The molecule has 0 saturated carbocycles. The van der Waals surface area contributed by atoms with E-state index >= 15 is 0 Å². The van der Waals surface area contributed by atoms with E-state index in [9.17, 15) is 13.2 Å². The van der Waals surface area contributed by atoms with Crippen LogP contribution in [0.4, 0.5) is 0 Å². The summed E-state index contributed by atoms with van der Waals surface area (Å²) in [6.07, 6.45) is 1.32. The predicted octanol–water partition coefficient (Wildman–Crippen LogP) is -0.138. The van der Waals surface area contributed by atoms with Crippen LogP contribution >= 0.6 is 11.6 Å². The Balaban J connectivity index is 2.04. The van der Waals surface area contributed by atoms with Gasteiger partial charge in [0.05, 0.1) is 5.75 Å². The molecule has 0 N–H and O–H groups in total. The Bertz CT molecular complexity index is 384. The van der Waals surface area contributed by atoms with Gasteiger partial charge in [0.2, 0.25) is 15.9 Å². The smallest absolute Gasteiger partial charge is 0.222 e. The first kappa shape index (κ1) is 12.1. The third-order valence-electron chi connectivity index (χ3n) is 3.19. The number of piperazine rings is 1. The molecule has 5 nitrogen and oxygen atoms in total. The van der Waals surface area contributed by atoms with Crippen molar-refractivity contribution in [2.24, 2.45) is 0 Å². The topological polar surface area (TPSA) is 57.7 Å². The van der Waals surface area contributed by atoms with Crippen LogP contribution in [0.3, 0.4) is 0 Å². The second kappa shape index (κ2) is 4.50. The molecule has 1 unspecified atom stereocenters. The highest BCUT2D eigenvalue weighted by molar-refractivity contribution is 7.89. The molecule has 2 aliphatic rings. The number of rotatable bonds is 3. The molecule has 7 heteroatoms. The Kier molecular flexibility index (Phi) is 3.42. The van der Waals surface area contributed by atoms with E-state index in [1.165, 1.54) is 4.31 Å². The molecule has 2 heterocycles. The Labute approximate surface area is 100 Å². The molecular weight excluding hydrogens is 252 g/mol. The normalized spacial score (nSPS) is 27.2. The lowest BCUT2D eigenvalue weighted by Gasteiger charge is -2.36. The van der Waals surface area contributed by atoms with Gasteiger partial charge in [-0.15, -0.1) is 11.6 Å². The van der Waals surface area contributed by atoms with Gasteiger partial charge in [-0.1, -0.05) is 0 Å². The van der Waals surface area contributed by atoms with Gasteiger partial charge in [0.15, 0.2) is 0 Å². The molecule has 0 spiro atoms. The van der Waals surface area contributed by atoms with E-state index in [4.69, 9.17) is 11.6 Å². The van der Waals surface area contributed by atoms with Crippen LogP contribution in [-0.2, 0) is 14.8 Å². The Morgan fingerprint density at radius 1 is 1.38 bits per heavy atom. The van der Waals surface area contributed by atoms with Gasteiger partial charge in [0.25, 0.3) is 0 Å². The second-order valence-corrected chi connectivity index (χ2v) is 6.61. The number of halogens is 1. The summed E-state index contributed by atoms with van der Waals surface area (Å²) in [7, 11) is -3.23. The number of fused-ring (bicyclic) bond motifs is 1. The van der Waals surface area contributed by atoms with Crippen molar-refractivity contribution in [3.8, 4) is 0 Å². The molecule has 1 atom stereocenters. The van der Waals surface area contributed by atoms with Crippen molar-refractivity contribution in [1.29, 1.82) is 0 Å². The Morgan fingerprint density at radius 3 is 2.81 bits per heavy atom. The molecule has 2 rings (SSSR count). The molecule has 0 aliphatic carbocycles. The highest BCUT2D eigenvalue weighted by Crippen LogP contribution is 2.24. The van der Waals surface area contributed by atoms with Crippen molar-refractivity contribution in [3.05, 3.63) is 0 Å². The second-order valence-electron chi connectivity index (χ2n) is 4.14. The van der Waals surface area contributed by atoms with Crippen LogP contribution in [0.2, 0.25) is 0 Å². The maximum atomic E-state index is 11.8. The van der Waals surface area contributed by atoms with Gasteiger partial charge in [-0.3, -0.25) is 4.79 Å². The fourth-order valence-electron chi connectivity index (χ4n) is 2.32. The van der Waals surface area contributed by atoms with E-state index in [0.29, 0.717) is 26.1 Å². The van der Waals surface area contributed by atoms with Crippen LogP contribution in [0.1, 0.15) is 12.8 Å². The molecule has 16 heavy (non-hydrogen) atoms. The van der Waals surface area contributed by atoms with E-state index in [-0.39, 0.29) is 23.6 Å². The SMILES string of the molecule is O=C1CCC2CN(S(=O)(=O)CCCl)CCN12. The number of carbonyl (C=O) groups excluding carboxylic acids is 1. The van der Waals surface area contributed by atoms with E-state index in [1.807, 2.05) is 0 Å². The average molecular weight is 267 g/mol. The van der Waals surface area contributed by atoms with Gasteiger partial charge in [-0.25, -0.2) is 8.42 Å². The van der Waals surface area contributed by atoms with Crippen LogP contribution in [-0.4, -0.2) is 60.8 Å². The molecule has 0 aromatic heterocycles. The Morgan fingerprint density at radius 2 is 2.12 bits per heavy atom. The molecule has 2 aliphatic heterocycles. The van der Waals surface area contributed by atoms with Gasteiger partial charge < -0.3 is 4.90 Å². The lowest BCUT2D eigenvalue weighted by molar-refractivity contribution is -0.130. The predicted molar refractivity (Wildman–Crippen MR) is 60.8 cm³/mol. The molecule has 2 fully saturated rings. The van der Waals surface area contributed by atoms with Crippen molar-refractivity contribution in [1.82, 2.24) is 9.21 Å². The van der Waals surface area contributed by atoms with Crippen molar-refractivity contribution < 1.29 is 13.2 Å². The number of alkyl halides is 1. The zero-order valence-corrected chi connectivity index (χ0v) is 10.5. The fourth-order valence-corrected chi connectivity index (χ4v) is 4.11. The van der Waals surface area contributed by atoms with Gasteiger partial charge >= 0.3 is 0 Å². The van der Waals surface area contributed by atoms with E-state index in [1.54, 1.807) is 4.90 Å². The fraction of sp³-hybridized carbons (Fsp3) is 0.889. The van der Waals surface area contributed by atoms with Crippen molar-refractivity contribution >= 4 is 27.5 Å². The van der Waals surface area contributed by atoms with E-state index < -0.39 is 10.0 Å². The Hall–Kier alpha value is -0.330. The van der Waals surface area contributed by atoms with Crippen molar-refractivity contribution in [2.45, 2.75) is 18.9 Å².